The van der Waals surface area contributed by atoms with Crippen LogP contribution in [-0.4, -0.2) is 34.5 Å². The van der Waals surface area contributed by atoms with Gasteiger partial charge < -0.3 is 10.0 Å². The fraction of sp³-hybridized carbons (Fsp3) is 0.250. The minimum absolute atomic E-state index is 0.0163. The maximum absolute atomic E-state index is 13.8. The van der Waals surface area contributed by atoms with Crippen LogP contribution in [0.5, 0.6) is 0 Å². The van der Waals surface area contributed by atoms with Gasteiger partial charge in [-0.05, 0) is 30.4 Å². The number of carboxylic acid groups (broad SMARTS) is 1. The van der Waals surface area contributed by atoms with Crippen molar-refractivity contribution < 1.29 is 19.1 Å². The van der Waals surface area contributed by atoms with Gasteiger partial charge in [0, 0.05) is 17.0 Å². The lowest BCUT2D eigenvalue weighted by molar-refractivity contribution is -0.137. The minimum Gasteiger partial charge on any atom is -0.480 e. The Kier molecular flexibility index (Phi) is 3.33. The summed E-state index contributed by atoms with van der Waals surface area (Å²) in [6.45, 7) is -0.324. The van der Waals surface area contributed by atoms with E-state index in [0.717, 1.165) is 12.8 Å². The predicted octanol–water partition coefficient (Wildman–Crippen LogP) is 2.67. The zero-order valence-corrected chi connectivity index (χ0v) is 11.3. The fourth-order valence-electron chi connectivity index (χ4n) is 2.50. The fourth-order valence-corrected chi connectivity index (χ4v) is 2.50. The van der Waals surface area contributed by atoms with Gasteiger partial charge in [-0.15, -0.1) is 0 Å². The summed E-state index contributed by atoms with van der Waals surface area (Å²) in [5.74, 6) is -1.78. The van der Waals surface area contributed by atoms with Crippen LogP contribution in [0.1, 0.15) is 23.2 Å². The lowest BCUT2D eigenvalue weighted by Crippen LogP contribution is -2.37. The number of rotatable bonds is 4. The van der Waals surface area contributed by atoms with Crippen LogP contribution in [0.25, 0.3) is 10.8 Å². The van der Waals surface area contributed by atoms with Crippen LogP contribution in [0.2, 0.25) is 0 Å². The minimum atomic E-state index is -1.04. The first-order valence-electron chi connectivity index (χ1n) is 6.78. The summed E-state index contributed by atoms with van der Waals surface area (Å²) in [6.07, 6.45) is 1.64. The van der Waals surface area contributed by atoms with E-state index in [9.17, 15) is 14.0 Å². The molecule has 1 saturated carbocycles. The van der Waals surface area contributed by atoms with Crippen molar-refractivity contribution in [3.8, 4) is 0 Å². The number of amides is 1. The van der Waals surface area contributed by atoms with Crippen molar-refractivity contribution in [2.75, 3.05) is 6.54 Å². The number of fused-ring (bicyclic) bond motifs is 1. The molecule has 3 rings (SSSR count). The lowest BCUT2D eigenvalue weighted by Gasteiger charge is -2.21. The van der Waals surface area contributed by atoms with Gasteiger partial charge in [0.15, 0.2) is 0 Å². The molecule has 0 spiro atoms. The highest BCUT2D eigenvalue weighted by atomic mass is 19.1. The molecule has 0 aliphatic heterocycles. The molecule has 2 aromatic carbocycles. The van der Waals surface area contributed by atoms with E-state index in [0.29, 0.717) is 16.3 Å². The number of carbonyl (C=O) groups is 2. The Bertz CT molecular complexity index is 725. The van der Waals surface area contributed by atoms with Gasteiger partial charge in [0.1, 0.15) is 12.4 Å². The maximum Gasteiger partial charge on any atom is 0.323 e. The summed E-state index contributed by atoms with van der Waals surface area (Å²) in [6, 6.07) is 9.39. The smallest absolute Gasteiger partial charge is 0.323 e. The Balaban J connectivity index is 2.04. The highest BCUT2D eigenvalue weighted by Crippen LogP contribution is 2.30. The summed E-state index contributed by atoms with van der Waals surface area (Å²) in [7, 11) is 0. The van der Waals surface area contributed by atoms with Gasteiger partial charge in [-0.1, -0.05) is 24.3 Å². The number of aliphatic carboxylic acids is 1. The first kappa shape index (κ1) is 13.5. The molecular weight excluding hydrogens is 273 g/mol. The van der Waals surface area contributed by atoms with E-state index in [2.05, 4.69) is 0 Å². The van der Waals surface area contributed by atoms with E-state index < -0.39 is 11.8 Å². The zero-order valence-electron chi connectivity index (χ0n) is 11.3. The van der Waals surface area contributed by atoms with Crippen LogP contribution < -0.4 is 0 Å². The van der Waals surface area contributed by atoms with E-state index in [4.69, 9.17) is 5.11 Å². The first-order chi connectivity index (χ1) is 10.1. The van der Waals surface area contributed by atoms with Gasteiger partial charge in [-0.2, -0.15) is 0 Å². The van der Waals surface area contributed by atoms with E-state index >= 15 is 0 Å². The van der Waals surface area contributed by atoms with Crippen molar-refractivity contribution in [3.63, 3.8) is 0 Å². The van der Waals surface area contributed by atoms with Crippen LogP contribution in [0, 0.1) is 5.82 Å². The monoisotopic (exact) mass is 287 g/mol. The molecular formula is C16H14FNO3. The van der Waals surface area contributed by atoms with Crippen molar-refractivity contribution >= 4 is 22.6 Å². The Morgan fingerprint density at radius 3 is 2.43 bits per heavy atom. The molecule has 21 heavy (non-hydrogen) atoms. The quantitative estimate of drug-likeness (QED) is 0.940. The zero-order chi connectivity index (χ0) is 15.0. The van der Waals surface area contributed by atoms with Crippen molar-refractivity contribution in [1.82, 2.24) is 4.90 Å². The third-order valence-corrected chi connectivity index (χ3v) is 3.66. The summed E-state index contributed by atoms with van der Waals surface area (Å²) in [5.41, 5.74) is 0.347. The molecule has 0 unspecified atom stereocenters. The Morgan fingerprint density at radius 1 is 1.14 bits per heavy atom. The summed E-state index contributed by atoms with van der Waals surface area (Å²) < 4.78 is 13.8. The van der Waals surface area contributed by atoms with Gasteiger partial charge in [-0.25, -0.2) is 4.39 Å². The van der Waals surface area contributed by atoms with Crippen LogP contribution in [0.3, 0.4) is 0 Å². The Labute approximate surface area is 120 Å². The second-order valence-corrected chi connectivity index (χ2v) is 5.20. The number of carbonyl (C=O) groups excluding carboxylic acids is 1. The normalized spacial score (nSPS) is 14.1. The van der Waals surface area contributed by atoms with Crippen LogP contribution >= 0.6 is 0 Å². The first-order valence-corrected chi connectivity index (χ1v) is 6.78. The summed E-state index contributed by atoms with van der Waals surface area (Å²) in [4.78, 5) is 24.9. The number of carboxylic acids is 1. The van der Waals surface area contributed by atoms with Crippen LogP contribution in [0.4, 0.5) is 4.39 Å². The molecule has 0 radical (unpaired) electrons. The molecule has 0 bridgehead atoms. The highest BCUT2D eigenvalue weighted by Gasteiger charge is 2.34. The molecule has 1 aliphatic rings. The van der Waals surface area contributed by atoms with Crippen LogP contribution in [0.15, 0.2) is 36.4 Å². The predicted molar refractivity (Wildman–Crippen MR) is 75.6 cm³/mol. The molecule has 0 saturated heterocycles. The number of nitrogens with zero attached hydrogens (tertiary/aromatic N) is 1. The molecule has 1 fully saturated rings. The van der Waals surface area contributed by atoms with Gasteiger partial charge in [0.25, 0.3) is 5.91 Å². The second-order valence-electron chi connectivity index (χ2n) is 5.20. The van der Waals surface area contributed by atoms with Crippen molar-refractivity contribution in [3.05, 3.63) is 47.8 Å². The van der Waals surface area contributed by atoms with Gasteiger partial charge in [0.2, 0.25) is 0 Å². The molecule has 0 heterocycles. The Hall–Kier alpha value is -2.43. The number of hydrogen-bond donors (Lipinski definition) is 1. The number of hydrogen-bond acceptors (Lipinski definition) is 2. The standard InChI is InChI=1S/C16H14FNO3/c17-14-8-7-13(11-3-1-2-4-12(11)14)16(21)18(9-15(19)20)10-5-6-10/h1-4,7-8,10H,5-6,9H2,(H,19,20). The Morgan fingerprint density at radius 2 is 1.81 bits per heavy atom. The molecule has 0 atom stereocenters. The topological polar surface area (TPSA) is 57.6 Å². The third-order valence-electron chi connectivity index (χ3n) is 3.66. The third kappa shape index (κ3) is 2.59. The molecule has 0 aromatic heterocycles. The highest BCUT2D eigenvalue weighted by molar-refractivity contribution is 6.08. The average Bonchev–Trinajstić information content (AvgIpc) is 3.29. The van der Waals surface area contributed by atoms with Crippen molar-refractivity contribution in [2.24, 2.45) is 0 Å². The second kappa shape index (κ2) is 5.16. The largest absolute Gasteiger partial charge is 0.480 e. The van der Waals surface area contributed by atoms with Gasteiger partial charge in [-0.3, -0.25) is 9.59 Å². The maximum atomic E-state index is 13.8. The number of halogens is 1. The van der Waals surface area contributed by atoms with Crippen molar-refractivity contribution in [2.45, 2.75) is 18.9 Å². The summed E-state index contributed by atoms with van der Waals surface area (Å²) >= 11 is 0. The van der Waals surface area contributed by atoms with E-state index in [1.807, 2.05) is 0 Å². The molecule has 1 N–H and O–H groups in total. The molecule has 5 heteroatoms. The number of benzene rings is 2. The molecule has 1 amide bonds. The van der Waals surface area contributed by atoms with Gasteiger partial charge in [0.05, 0.1) is 0 Å². The van der Waals surface area contributed by atoms with Crippen LogP contribution in [-0.2, 0) is 4.79 Å². The average molecular weight is 287 g/mol. The summed E-state index contributed by atoms with van der Waals surface area (Å²) in [5, 5.41) is 9.84. The molecule has 4 nitrogen and oxygen atoms in total. The molecule has 1 aliphatic carbocycles. The van der Waals surface area contributed by atoms with Gasteiger partial charge >= 0.3 is 5.97 Å². The van der Waals surface area contributed by atoms with E-state index in [1.54, 1.807) is 24.3 Å². The SMILES string of the molecule is O=C(O)CN(C(=O)c1ccc(F)c2ccccc12)C1CC1. The van der Waals surface area contributed by atoms with Crippen molar-refractivity contribution in [1.29, 1.82) is 0 Å². The molecule has 2 aromatic rings. The van der Waals surface area contributed by atoms with E-state index in [-0.39, 0.29) is 18.5 Å². The lowest BCUT2D eigenvalue weighted by atomic mass is 10.0. The molecule has 108 valence electrons. The van der Waals surface area contributed by atoms with E-state index in [1.165, 1.54) is 17.0 Å².